The summed E-state index contributed by atoms with van der Waals surface area (Å²) in [5.74, 6) is -0.158. The first-order valence-corrected chi connectivity index (χ1v) is 9.28. The Kier molecular flexibility index (Phi) is 6.86. The second-order valence-corrected chi connectivity index (χ2v) is 6.64. The number of benzene rings is 1. The summed E-state index contributed by atoms with van der Waals surface area (Å²) in [6.07, 6.45) is 3.14. The zero-order valence-electron chi connectivity index (χ0n) is 15.5. The van der Waals surface area contributed by atoms with E-state index in [1.54, 1.807) is 20.4 Å². The molecule has 1 N–H and O–H groups in total. The Balaban J connectivity index is 2.50. The van der Waals surface area contributed by atoms with Crippen molar-refractivity contribution >= 4 is 40.9 Å². The van der Waals surface area contributed by atoms with Crippen LogP contribution in [-0.4, -0.2) is 61.3 Å². The molecule has 8 nitrogen and oxygen atoms in total. The first kappa shape index (κ1) is 20.8. The van der Waals surface area contributed by atoms with E-state index in [4.69, 9.17) is 21.1 Å². The van der Waals surface area contributed by atoms with Gasteiger partial charge in [0.1, 0.15) is 0 Å². The van der Waals surface area contributed by atoms with Gasteiger partial charge in [-0.15, -0.1) is 0 Å². The van der Waals surface area contributed by atoms with Gasteiger partial charge in [0.05, 0.1) is 36.7 Å². The summed E-state index contributed by atoms with van der Waals surface area (Å²) < 4.78 is 10.5. The molecule has 0 aliphatic rings. The Morgan fingerprint density at radius 2 is 1.81 bits per heavy atom. The van der Waals surface area contributed by atoms with Crippen molar-refractivity contribution in [3.05, 3.63) is 34.6 Å². The van der Waals surface area contributed by atoms with Crippen LogP contribution in [0.3, 0.4) is 0 Å². The average Bonchev–Trinajstić information content (AvgIpc) is 2.67. The number of anilines is 1. The third-order valence-electron chi connectivity index (χ3n) is 3.53. The van der Waals surface area contributed by atoms with Crippen molar-refractivity contribution < 1.29 is 19.1 Å². The first-order valence-electron chi connectivity index (χ1n) is 7.67. The summed E-state index contributed by atoms with van der Waals surface area (Å²) in [6, 6.07) is 3.02. The molecule has 0 radical (unpaired) electrons. The van der Waals surface area contributed by atoms with E-state index in [0.717, 1.165) is 0 Å². The molecule has 0 fully saturated rings. The molecule has 0 saturated heterocycles. The molecule has 0 saturated carbocycles. The van der Waals surface area contributed by atoms with Crippen molar-refractivity contribution in [2.24, 2.45) is 0 Å². The highest BCUT2D eigenvalue weighted by Crippen LogP contribution is 2.34. The lowest BCUT2D eigenvalue weighted by Gasteiger charge is -2.18. The van der Waals surface area contributed by atoms with Gasteiger partial charge in [0, 0.05) is 20.2 Å². The molecule has 2 aromatic rings. The molecular formula is C17H19ClN4O4S. The number of hydrogen-bond acceptors (Lipinski definition) is 7. The molecule has 1 aromatic carbocycles. The third kappa shape index (κ3) is 4.61. The molecular weight excluding hydrogens is 392 g/mol. The summed E-state index contributed by atoms with van der Waals surface area (Å²) in [6.45, 7) is 0. The van der Waals surface area contributed by atoms with Crippen LogP contribution in [0.2, 0.25) is 5.02 Å². The molecule has 0 spiro atoms. The van der Waals surface area contributed by atoms with Crippen molar-refractivity contribution in [3.8, 4) is 11.5 Å². The molecule has 1 aromatic heterocycles. The summed E-state index contributed by atoms with van der Waals surface area (Å²) in [7, 11) is 6.14. The smallest absolute Gasteiger partial charge is 0.276 e. The molecule has 144 valence electrons. The van der Waals surface area contributed by atoms with Crippen molar-refractivity contribution in [1.82, 2.24) is 14.9 Å². The van der Waals surface area contributed by atoms with Crippen LogP contribution in [0.5, 0.6) is 11.5 Å². The first-order chi connectivity index (χ1) is 12.8. The summed E-state index contributed by atoms with van der Waals surface area (Å²) in [4.78, 5) is 34.8. The number of thioether (sulfide) groups is 1. The van der Waals surface area contributed by atoms with E-state index in [9.17, 15) is 9.59 Å². The van der Waals surface area contributed by atoms with Crippen LogP contribution in [-0.2, 0) is 0 Å². The maximum absolute atomic E-state index is 12.7. The van der Waals surface area contributed by atoms with E-state index in [1.807, 2.05) is 0 Å². The van der Waals surface area contributed by atoms with Gasteiger partial charge in [-0.2, -0.15) is 0 Å². The Morgan fingerprint density at radius 3 is 2.37 bits per heavy atom. The van der Waals surface area contributed by atoms with Crippen LogP contribution >= 0.6 is 23.4 Å². The number of rotatable bonds is 6. The third-order valence-corrected chi connectivity index (χ3v) is 4.37. The number of amides is 2. The predicted octanol–water partition coefficient (Wildman–Crippen LogP) is 2.82. The molecule has 27 heavy (non-hydrogen) atoms. The molecule has 2 amide bonds. The molecule has 2 rings (SSSR count). The summed E-state index contributed by atoms with van der Waals surface area (Å²) in [5, 5.41) is 3.18. The van der Waals surface area contributed by atoms with Crippen molar-refractivity contribution in [2.75, 3.05) is 39.9 Å². The van der Waals surface area contributed by atoms with Gasteiger partial charge in [-0.25, -0.2) is 9.97 Å². The van der Waals surface area contributed by atoms with Crippen molar-refractivity contribution in [3.63, 3.8) is 0 Å². The maximum Gasteiger partial charge on any atom is 0.276 e. The van der Waals surface area contributed by atoms with E-state index in [2.05, 4.69) is 15.3 Å². The topological polar surface area (TPSA) is 93.7 Å². The highest BCUT2D eigenvalue weighted by Gasteiger charge is 2.22. The largest absolute Gasteiger partial charge is 0.493 e. The molecule has 1 heterocycles. The van der Waals surface area contributed by atoms with Gasteiger partial charge in [-0.1, -0.05) is 23.4 Å². The Morgan fingerprint density at radius 1 is 1.19 bits per heavy atom. The predicted molar refractivity (Wildman–Crippen MR) is 104 cm³/mol. The molecule has 10 heteroatoms. The monoisotopic (exact) mass is 410 g/mol. The number of halogens is 1. The SMILES string of the molecule is COc1cc(NC(=O)c2nc(SC)ncc2Cl)c(C(=O)N(C)C)cc1OC. The number of ether oxygens (including phenoxy) is 2. The van der Waals surface area contributed by atoms with Crippen LogP contribution in [0.25, 0.3) is 0 Å². The summed E-state index contributed by atoms with van der Waals surface area (Å²) >= 11 is 7.34. The van der Waals surface area contributed by atoms with Gasteiger partial charge < -0.3 is 19.7 Å². The van der Waals surface area contributed by atoms with Gasteiger partial charge in [0.25, 0.3) is 11.8 Å². The van der Waals surface area contributed by atoms with Gasteiger partial charge in [-0.05, 0) is 12.3 Å². The van der Waals surface area contributed by atoms with Crippen LogP contribution in [0.4, 0.5) is 5.69 Å². The fourth-order valence-corrected chi connectivity index (χ4v) is 2.71. The van der Waals surface area contributed by atoms with Crippen LogP contribution in [0.15, 0.2) is 23.5 Å². The van der Waals surface area contributed by atoms with Crippen molar-refractivity contribution in [2.45, 2.75) is 5.16 Å². The highest BCUT2D eigenvalue weighted by atomic mass is 35.5. The van der Waals surface area contributed by atoms with E-state index in [0.29, 0.717) is 16.7 Å². The fourth-order valence-electron chi connectivity index (χ4n) is 2.19. The number of nitrogens with zero attached hydrogens (tertiary/aromatic N) is 3. The fraction of sp³-hybridized carbons (Fsp3) is 0.294. The van der Waals surface area contributed by atoms with Crippen LogP contribution < -0.4 is 14.8 Å². The van der Waals surface area contributed by atoms with Gasteiger partial charge in [0.2, 0.25) is 0 Å². The summed E-state index contributed by atoms with van der Waals surface area (Å²) in [5.41, 5.74) is 0.493. The Bertz CT molecular complexity index is 876. The molecule has 0 unspecified atom stereocenters. The molecule has 0 aliphatic carbocycles. The minimum absolute atomic E-state index is 0.00838. The Hall–Kier alpha value is -2.52. The van der Waals surface area contributed by atoms with Crippen molar-refractivity contribution in [1.29, 1.82) is 0 Å². The van der Waals surface area contributed by atoms with E-state index >= 15 is 0 Å². The number of hydrogen-bond donors (Lipinski definition) is 1. The zero-order valence-corrected chi connectivity index (χ0v) is 17.1. The van der Waals surface area contributed by atoms with Gasteiger partial charge in [0.15, 0.2) is 22.3 Å². The quantitative estimate of drug-likeness (QED) is 0.578. The molecule has 0 bridgehead atoms. The maximum atomic E-state index is 12.7. The number of nitrogens with one attached hydrogen (secondary N) is 1. The Labute approximate surface area is 166 Å². The average molecular weight is 411 g/mol. The van der Waals surface area contributed by atoms with E-state index in [1.165, 1.54) is 49.2 Å². The van der Waals surface area contributed by atoms with Crippen LogP contribution in [0.1, 0.15) is 20.8 Å². The van der Waals surface area contributed by atoms with E-state index in [-0.39, 0.29) is 27.9 Å². The zero-order chi connectivity index (χ0) is 20.1. The lowest BCUT2D eigenvalue weighted by molar-refractivity contribution is 0.0828. The van der Waals surface area contributed by atoms with Crippen LogP contribution in [0, 0.1) is 0 Å². The van der Waals surface area contributed by atoms with Gasteiger partial charge in [-0.3, -0.25) is 9.59 Å². The number of carbonyl (C=O) groups excluding carboxylic acids is 2. The molecule has 0 atom stereocenters. The minimum atomic E-state index is -0.572. The normalized spacial score (nSPS) is 10.3. The number of methoxy groups -OCH3 is 2. The second kappa shape index (κ2) is 8.92. The highest BCUT2D eigenvalue weighted by molar-refractivity contribution is 7.98. The second-order valence-electron chi connectivity index (χ2n) is 5.46. The number of aromatic nitrogens is 2. The number of carbonyl (C=O) groups is 2. The van der Waals surface area contributed by atoms with Gasteiger partial charge >= 0.3 is 0 Å². The lowest BCUT2D eigenvalue weighted by Crippen LogP contribution is -2.24. The standard InChI is InChI=1S/C17H19ClN4O4S/c1-22(2)16(24)9-6-12(25-3)13(26-4)7-11(9)20-15(23)14-10(18)8-19-17(21-14)27-5/h6-8H,1-5H3,(H,20,23). The minimum Gasteiger partial charge on any atom is -0.493 e. The molecule has 0 aliphatic heterocycles. The van der Waals surface area contributed by atoms with E-state index < -0.39 is 5.91 Å². The lowest BCUT2D eigenvalue weighted by atomic mass is 10.1.